The fourth-order valence-corrected chi connectivity index (χ4v) is 3.60. The molecule has 1 aliphatic rings. The van der Waals surface area contributed by atoms with Gasteiger partial charge in [0.05, 0.1) is 0 Å². The molecule has 1 heterocycles. The van der Waals surface area contributed by atoms with Gasteiger partial charge in [0, 0.05) is 36.2 Å². The van der Waals surface area contributed by atoms with Crippen molar-refractivity contribution in [2.24, 2.45) is 0 Å². The molecule has 2 aromatic carbocycles. The van der Waals surface area contributed by atoms with Crippen molar-refractivity contribution in [3.8, 4) is 0 Å². The molecule has 0 radical (unpaired) electrons. The van der Waals surface area contributed by atoms with Crippen LogP contribution in [-0.2, 0) is 19.5 Å². The van der Waals surface area contributed by atoms with E-state index in [4.69, 9.17) is 0 Å². The van der Waals surface area contributed by atoms with Crippen LogP contribution in [0.5, 0.6) is 0 Å². The number of thiol groups is 1. The summed E-state index contributed by atoms with van der Waals surface area (Å²) in [5.74, 6) is 0.927. The quantitative estimate of drug-likeness (QED) is 0.558. The van der Waals surface area contributed by atoms with Crippen LogP contribution in [0.15, 0.2) is 54.7 Å². The molecular weight excluding hydrogens is 324 g/mol. The summed E-state index contributed by atoms with van der Waals surface area (Å²) in [6.07, 6.45) is 7.11. The lowest BCUT2D eigenvalue weighted by Crippen LogP contribution is -2.15. The Kier molecular flexibility index (Phi) is 5.14. The zero-order valence-electron chi connectivity index (χ0n) is 14.6. The molecule has 1 fully saturated rings. The van der Waals surface area contributed by atoms with Crippen molar-refractivity contribution in [2.45, 2.75) is 44.8 Å². The van der Waals surface area contributed by atoms with Crippen LogP contribution in [-0.4, -0.2) is 16.4 Å². The molecule has 1 saturated carbocycles. The predicted octanol–water partition coefficient (Wildman–Crippen LogP) is 4.80. The smallest absolute Gasteiger partial charge is 0.0486 e. The minimum absolute atomic E-state index is 0.750. The minimum Gasteiger partial charge on any atom is -0.347 e. The molecule has 4 rings (SSSR count). The number of nitrogens with one attached hydrogen (secondary N) is 1. The molecule has 3 aromatic rings. The van der Waals surface area contributed by atoms with E-state index in [-0.39, 0.29) is 0 Å². The molecule has 0 bridgehead atoms. The molecule has 0 unspecified atom stereocenters. The van der Waals surface area contributed by atoms with Gasteiger partial charge in [0.1, 0.15) is 0 Å². The predicted molar refractivity (Wildman–Crippen MR) is 110 cm³/mol. The Bertz CT molecular complexity index is 834. The average Bonchev–Trinajstić information content (AvgIpc) is 3.42. The van der Waals surface area contributed by atoms with Gasteiger partial charge >= 0.3 is 0 Å². The van der Waals surface area contributed by atoms with Gasteiger partial charge in [-0.15, -0.1) is 0 Å². The fourth-order valence-electron chi connectivity index (χ4n) is 3.46. The third-order valence-electron chi connectivity index (χ3n) is 5.00. The number of benzene rings is 2. The van der Waals surface area contributed by atoms with Crippen molar-refractivity contribution in [2.75, 3.05) is 5.75 Å². The lowest BCUT2D eigenvalue weighted by Gasteiger charge is -2.07. The van der Waals surface area contributed by atoms with E-state index in [1.807, 2.05) is 0 Å². The van der Waals surface area contributed by atoms with Crippen LogP contribution in [0.3, 0.4) is 0 Å². The van der Waals surface area contributed by atoms with Gasteiger partial charge in [0.25, 0.3) is 0 Å². The number of rotatable bonds is 8. The Hall–Kier alpha value is -1.71. The van der Waals surface area contributed by atoms with Gasteiger partial charge < -0.3 is 9.88 Å². The third-order valence-corrected chi connectivity index (χ3v) is 5.31. The zero-order chi connectivity index (χ0) is 17.1. The Labute approximate surface area is 155 Å². The number of aryl methyl sites for hydroxylation is 1. The van der Waals surface area contributed by atoms with Gasteiger partial charge in [-0.3, -0.25) is 0 Å². The van der Waals surface area contributed by atoms with Crippen molar-refractivity contribution in [3.63, 3.8) is 0 Å². The van der Waals surface area contributed by atoms with Crippen LogP contribution < -0.4 is 5.32 Å². The van der Waals surface area contributed by atoms with Gasteiger partial charge in [0.15, 0.2) is 0 Å². The molecule has 1 N–H and O–H groups in total. The van der Waals surface area contributed by atoms with Crippen LogP contribution in [0.2, 0.25) is 0 Å². The summed E-state index contributed by atoms with van der Waals surface area (Å²) in [7, 11) is 0. The standard InChI is InChI=1S/C22H26N2S/c25-12-4-11-24-16-19(13-17-5-2-1-3-6-17)21-10-7-18(14-22(21)24)15-23-20-8-9-20/h1-3,5-7,10,14,16,20,23,25H,4,8-9,11-13,15H2. The van der Waals surface area contributed by atoms with E-state index in [9.17, 15) is 0 Å². The van der Waals surface area contributed by atoms with Crippen molar-refractivity contribution < 1.29 is 0 Å². The second-order valence-corrected chi connectivity index (χ2v) is 7.54. The molecule has 3 heteroatoms. The molecule has 130 valence electrons. The maximum Gasteiger partial charge on any atom is 0.0486 e. The first-order valence-corrected chi connectivity index (χ1v) is 9.95. The highest BCUT2D eigenvalue weighted by Crippen LogP contribution is 2.26. The molecule has 1 aliphatic carbocycles. The van der Waals surface area contributed by atoms with Crippen LogP contribution in [0, 0.1) is 0 Å². The first kappa shape index (κ1) is 16.7. The second-order valence-electron chi connectivity index (χ2n) is 7.09. The van der Waals surface area contributed by atoms with Crippen LogP contribution in [0.1, 0.15) is 36.0 Å². The van der Waals surface area contributed by atoms with Gasteiger partial charge in [-0.25, -0.2) is 0 Å². The van der Waals surface area contributed by atoms with Crippen LogP contribution in [0.25, 0.3) is 10.9 Å². The number of aromatic nitrogens is 1. The molecule has 25 heavy (non-hydrogen) atoms. The maximum absolute atomic E-state index is 4.39. The van der Waals surface area contributed by atoms with Gasteiger partial charge in [-0.1, -0.05) is 42.5 Å². The number of fused-ring (bicyclic) bond motifs is 1. The lowest BCUT2D eigenvalue weighted by molar-refractivity contribution is 0.686. The average molecular weight is 351 g/mol. The summed E-state index contributed by atoms with van der Waals surface area (Å²) >= 11 is 4.39. The summed E-state index contributed by atoms with van der Waals surface area (Å²) in [6, 6.07) is 18.5. The summed E-state index contributed by atoms with van der Waals surface area (Å²) in [5.41, 5.74) is 5.54. The summed E-state index contributed by atoms with van der Waals surface area (Å²) in [6.45, 7) is 2.01. The van der Waals surface area contributed by atoms with Crippen molar-refractivity contribution in [3.05, 3.63) is 71.4 Å². The Morgan fingerprint density at radius 1 is 1.04 bits per heavy atom. The topological polar surface area (TPSA) is 17.0 Å². The Morgan fingerprint density at radius 2 is 1.88 bits per heavy atom. The maximum atomic E-state index is 4.39. The second kappa shape index (κ2) is 7.67. The zero-order valence-corrected chi connectivity index (χ0v) is 15.5. The SMILES string of the molecule is SCCCn1cc(Cc2ccccc2)c2ccc(CNC3CC3)cc21. The van der Waals surface area contributed by atoms with Gasteiger partial charge in [-0.05, 0) is 54.2 Å². The van der Waals surface area contributed by atoms with Crippen LogP contribution >= 0.6 is 12.6 Å². The Balaban J connectivity index is 1.64. The van der Waals surface area contributed by atoms with E-state index in [1.165, 1.54) is 40.4 Å². The van der Waals surface area contributed by atoms with E-state index >= 15 is 0 Å². The number of nitrogens with zero attached hydrogens (tertiary/aromatic N) is 1. The first-order chi connectivity index (χ1) is 12.3. The third kappa shape index (κ3) is 4.10. The van der Waals surface area contributed by atoms with E-state index in [0.29, 0.717) is 0 Å². The van der Waals surface area contributed by atoms with E-state index in [0.717, 1.165) is 37.7 Å². The molecule has 0 atom stereocenters. The molecular formula is C22H26N2S. The molecule has 0 aliphatic heterocycles. The number of hydrogen-bond acceptors (Lipinski definition) is 2. The van der Waals surface area contributed by atoms with Crippen LogP contribution in [0.4, 0.5) is 0 Å². The number of hydrogen-bond donors (Lipinski definition) is 2. The monoisotopic (exact) mass is 350 g/mol. The lowest BCUT2D eigenvalue weighted by atomic mass is 10.0. The van der Waals surface area contributed by atoms with E-state index < -0.39 is 0 Å². The largest absolute Gasteiger partial charge is 0.347 e. The highest BCUT2D eigenvalue weighted by atomic mass is 32.1. The Morgan fingerprint density at radius 3 is 2.64 bits per heavy atom. The molecule has 0 saturated heterocycles. The van der Waals surface area contributed by atoms with E-state index in [2.05, 4.69) is 77.2 Å². The normalized spacial score (nSPS) is 14.3. The molecule has 2 nitrogen and oxygen atoms in total. The summed E-state index contributed by atoms with van der Waals surface area (Å²) in [4.78, 5) is 0. The van der Waals surface area contributed by atoms with Gasteiger partial charge in [-0.2, -0.15) is 12.6 Å². The molecule has 0 amide bonds. The summed E-state index contributed by atoms with van der Waals surface area (Å²) in [5, 5.41) is 5.01. The van der Waals surface area contributed by atoms with Crippen molar-refractivity contribution >= 4 is 23.5 Å². The minimum atomic E-state index is 0.750. The highest BCUT2D eigenvalue weighted by Gasteiger charge is 2.20. The first-order valence-electron chi connectivity index (χ1n) is 9.32. The van der Waals surface area contributed by atoms with Crippen molar-refractivity contribution in [1.82, 2.24) is 9.88 Å². The van der Waals surface area contributed by atoms with E-state index in [1.54, 1.807) is 0 Å². The molecule has 0 spiro atoms. The fraction of sp³-hybridized carbons (Fsp3) is 0.364. The highest BCUT2D eigenvalue weighted by molar-refractivity contribution is 7.80. The van der Waals surface area contributed by atoms with Gasteiger partial charge in [0.2, 0.25) is 0 Å². The summed E-state index contributed by atoms with van der Waals surface area (Å²) < 4.78 is 2.42. The molecule has 1 aromatic heterocycles. The van der Waals surface area contributed by atoms with Crippen molar-refractivity contribution in [1.29, 1.82) is 0 Å².